The van der Waals surface area contributed by atoms with Crippen molar-refractivity contribution in [2.75, 3.05) is 32.8 Å². The topological polar surface area (TPSA) is 70.1 Å². The average molecular weight is 296 g/mol. The van der Waals surface area contributed by atoms with E-state index in [1.807, 2.05) is 4.90 Å². The van der Waals surface area contributed by atoms with Crippen molar-refractivity contribution in [2.24, 2.45) is 11.8 Å². The van der Waals surface area contributed by atoms with Gasteiger partial charge in [0.25, 0.3) is 0 Å². The zero-order valence-electron chi connectivity index (χ0n) is 12.4. The minimum Gasteiger partial charge on any atom is -0.481 e. The predicted octanol–water partition coefficient (Wildman–Crippen LogP) is 1.40. The Hall–Kier alpha value is -1.30. The minimum atomic E-state index is -0.873. The van der Waals surface area contributed by atoms with Crippen LogP contribution >= 0.6 is 0 Å². The molecule has 3 rings (SSSR count). The molecule has 1 atom stereocenters. The van der Waals surface area contributed by atoms with Crippen LogP contribution in [0.4, 0.5) is 4.79 Å². The van der Waals surface area contributed by atoms with Gasteiger partial charge in [0.05, 0.1) is 19.1 Å². The molecule has 2 aliphatic carbocycles. The number of carboxylic acids is 1. The Morgan fingerprint density at radius 2 is 1.76 bits per heavy atom. The van der Waals surface area contributed by atoms with E-state index in [1.54, 1.807) is 4.90 Å². The second kappa shape index (κ2) is 6.22. The Bertz CT molecular complexity index is 392. The number of nitrogens with zero attached hydrogens (tertiary/aromatic N) is 2. The summed E-state index contributed by atoms with van der Waals surface area (Å²) in [4.78, 5) is 27.3. The highest BCUT2D eigenvalue weighted by Gasteiger charge is 2.35. The van der Waals surface area contributed by atoms with Crippen molar-refractivity contribution in [3.05, 3.63) is 0 Å². The summed E-state index contributed by atoms with van der Waals surface area (Å²) >= 11 is 0. The van der Waals surface area contributed by atoms with Crippen molar-refractivity contribution in [3.8, 4) is 0 Å². The van der Waals surface area contributed by atoms with E-state index in [1.165, 1.54) is 25.7 Å². The second-order valence-electron chi connectivity index (χ2n) is 6.61. The van der Waals surface area contributed by atoms with Gasteiger partial charge in [0, 0.05) is 26.2 Å². The SMILES string of the molecule is O=C(O)CC1CN(C(=O)N(CC2CC2)CC2CC2)CCO1. The van der Waals surface area contributed by atoms with Gasteiger partial charge < -0.3 is 19.6 Å². The normalized spacial score (nSPS) is 25.7. The Balaban J connectivity index is 1.56. The van der Waals surface area contributed by atoms with Crippen molar-refractivity contribution < 1.29 is 19.4 Å². The first kappa shape index (κ1) is 14.6. The highest BCUT2D eigenvalue weighted by Crippen LogP contribution is 2.34. The lowest BCUT2D eigenvalue weighted by Crippen LogP contribution is -2.52. The fraction of sp³-hybridized carbons (Fsp3) is 0.867. The Morgan fingerprint density at radius 1 is 1.14 bits per heavy atom. The fourth-order valence-corrected chi connectivity index (χ4v) is 2.87. The van der Waals surface area contributed by atoms with Gasteiger partial charge in [-0.2, -0.15) is 0 Å². The molecule has 1 saturated heterocycles. The van der Waals surface area contributed by atoms with Crippen molar-refractivity contribution in [1.29, 1.82) is 0 Å². The molecule has 118 valence electrons. The third-order valence-electron chi connectivity index (χ3n) is 4.43. The molecule has 1 aliphatic heterocycles. The van der Waals surface area contributed by atoms with Gasteiger partial charge in [-0.25, -0.2) is 4.79 Å². The molecule has 2 amide bonds. The maximum atomic E-state index is 12.7. The summed E-state index contributed by atoms with van der Waals surface area (Å²) in [5, 5.41) is 8.86. The maximum absolute atomic E-state index is 12.7. The molecule has 1 unspecified atom stereocenters. The quantitative estimate of drug-likeness (QED) is 0.804. The smallest absolute Gasteiger partial charge is 0.320 e. The van der Waals surface area contributed by atoms with E-state index in [-0.39, 0.29) is 18.6 Å². The Morgan fingerprint density at radius 3 is 2.29 bits per heavy atom. The van der Waals surface area contributed by atoms with Crippen LogP contribution in [0.1, 0.15) is 32.1 Å². The van der Waals surface area contributed by atoms with Crippen molar-refractivity contribution in [2.45, 2.75) is 38.2 Å². The van der Waals surface area contributed by atoms with Gasteiger partial charge in [-0.1, -0.05) is 0 Å². The van der Waals surface area contributed by atoms with Crippen molar-refractivity contribution in [1.82, 2.24) is 9.80 Å². The summed E-state index contributed by atoms with van der Waals surface area (Å²) < 4.78 is 5.44. The summed E-state index contributed by atoms with van der Waals surface area (Å²) in [7, 11) is 0. The molecule has 2 saturated carbocycles. The van der Waals surface area contributed by atoms with Crippen LogP contribution in [-0.2, 0) is 9.53 Å². The number of hydrogen-bond acceptors (Lipinski definition) is 3. The first-order valence-electron chi connectivity index (χ1n) is 7.99. The number of rotatable bonds is 6. The van der Waals surface area contributed by atoms with E-state index >= 15 is 0 Å². The standard InChI is InChI=1S/C15H24N2O4/c18-14(19)7-13-10-16(5-6-21-13)15(20)17(8-11-1-2-11)9-12-3-4-12/h11-13H,1-10H2,(H,18,19). The van der Waals surface area contributed by atoms with E-state index in [0.717, 1.165) is 13.1 Å². The molecule has 0 spiro atoms. The van der Waals surface area contributed by atoms with Crippen LogP contribution in [0.5, 0.6) is 0 Å². The monoisotopic (exact) mass is 296 g/mol. The van der Waals surface area contributed by atoms with Gasteiger partial charge in [-0.15, -0.1) is 0 Å². The van der Waals surface area contributed by atoms with Gasteiger partial charge in [0.1, 0.15) is 0 Å². The number of morpholine rings is 1. The van der Waals surface area contributed by atoms with E-state index in [4.69, 9.17) is 9.84 Å². The molecule has 0 aromatic carbocycles. The molecule has 1 heterocycles. The summed E-state index contributed by atoms with van der Waals surface area (Å²) in [5.74, 6) is 0.495. The zero-order chi connectivity index (χ0) is 14.8. The van der Waals surface area contributed by atoms with E-state index in [0.29, 0.717) is 31.5 Å². The molecule has 6 nitrogen and oxygen atoms in total. The molecule has 1 N–H and O–H groups in total. The number of carbonyl (C=O) groups is 2. The molecule has 0 bridgehead atoms. The van der Waals surface area contributed by atoms with Crippen LogP contribution in [0.2, 0.25) is 0 Å². The highest BCUT2D eigenvalue weighted by molar-refractivity contribution is 5.75. The summed E-state index contributed by atoms with van der Waals surface area (Å²) in [5.41, 5.74) is 0. The van der Waals surface area contributed by atoms with Crippen LogP contribution < -0.4 is 0 Å². The van der Waals surface area contributed by atoms with Crippen molar-refractivity contribution in [3.63, 3.8) is 0 Å². The number of carbonyl (C=O) groups excluding carboxylic acids is 1. The first-order chi connectivity index (χ1) is 10.1. The zero-order valence-corrected chi connectivity index (χ0v) is 12.4. The predicted molar refractivity (Wildman–Crippen MR) is 76.0 cm³/mol. The van der Waals surface area contributed by atoms with Crippen LogP contribution in [0.3, 0.4) is 0 Å². The number of urea groups is 1. The molecule has 0 aromatic rings. The third-order valence-corrected chi connectivity index (χ3v) is 4.43. The molecule has 6 heteroatoms. The lowest BCUT2D eigenvalue weighted by atomic mass is 10.2. The highest BCUT2D eigenvalue weighted by atomic mass is 16.5. The lowest BCUT2D eigenvalue weighted by Gasteiger charge is -2.36. The molecule has 3 fully saturated rings. The Kier molecular flexibility index (Phi) is 4.33. The largest absolute Gasteiger partial charge is 0.481 e. The molecular weight excluding hydrogens is 272 g/mol. The number of carboxylic acid groups (broad SMARTS) is 1. The van der Waals surface area contributed by atoms with Crippen LogP contribution in [0.15, 0.2) is 0 Å². The lowest BCUT2D eigenvalue weighted by molar-refractivity contribution is -0.141. The molecular formula is C15H24N2O4. The summed E-state index contributed by atoms with van der Waals surface area (Å²) in [6, 6.07) is 0.0764. The summed E-state index contributed by atoms with van der Waals surface area (Å²) in [6.07, 6.45) is 4.54. The summed E-state index contributed by atoms with van der Waals surface area (Å²) in [6.45, 7) is 3.15. The van der Waals surface area contributed by atoms with Crippen molar-refractivity contribution >= 4 is 12.0 Å². The van der Waals surface area contributed by atoms with Gasteiger partial charge in [-0.05, 0) is 37.5 Å². The number of aliphatic carboxylic acids is 1. The van der Waals surface area contributed by atoms with Crippen LogP contribution in [0, 0.1) is 11.8 Å². The van der Waals surface area contributed by atoms with E-state index in [2.05, 4.69) is 0 Å². The number of hydrogen-bond donors (Lipinski definition) is 1. The maximum Gasteiger partial charge on any atom is 0.320 e. The molecule has 21 heavy (non-hydrogen) atoms. The average Bonchev–Trinajstić information content (AvgIpc) is 3.32. The molecule has 3 aliphatic rings. The first-order valence-corrected chi connectivity index (χ1v) is 7.99. The van der Waals surface area contributed by atoms with Gasteiger partial charge in [0.15, 0.2) is 0 Å². The minimum absolute atomic E-state index is 0.0327. The van der Waals surface area contributed by atoms with Crippen LogP contribution in [-0.4, -0.2) is 65.8 Å². The third kappa shape index (κ3) is 4.33. The number of amides is 2. The Labute approximate surface area is 125 Å². The van der Waals surface area contributed by atoms with E-state index < -0.39 is 5.97 Å². The van der Waals surface area contributed by atoms with Gasteiger partial charge in [0.2, 0.25) is 0 Å². The van der Waals surface area contributed by atoms with Crippen LogP contribution in [0.25, 0.3) is 0 Å². The molecule has 0 aromatic heterocycles. The fourth-order valence-electron chi connectivity index (χ4n) is 2.87. The second-order valence-corrected chi connectivity index (χ2v) is 6.61. The number of ether oxygens (including phenoxy) is 1. The van der Waals surface area contributed by atoms with E-state index in [9.17, 15) is 9.59 Å². The van der Waals surface area contributed by atoms with Gasteiger partial charge in [-0.3, -0.25) is 4.79 Å². The van der Waals surface area contributed by atoms with Gasteiger partial charge >= 0.3 is 12.0 Å². The molecule has 0 radical (unpaired) electrons.